The lowest BCUT2D eigenvalue weighted by Crippen LogP contribution is -1.95. The van der Waals surface area contributed by atoms with Crippen LogP contribution in [0.2, 0.25) is 0 Å². The molecular weight excluding hydrogens is 152 g/mol. The number of hydrogen-bond acceptors (Lipinski definition) is 2. The second kappa shape index (κ2) is 5.55. The van der Waals surface area contributed by atoms with Crippen molar-refractivity contribution in [1.82, 2.24) is 0 Å². The molecule has 0 bridgehead atoms. The highest BCUT2D eigenvalue weighted by Crippen LogP contribution is 2.30. The molecule has 1 N–H and O–H groups in total. The summed E-state index contributed by atoms with van der Waals surface area (Å²) in [6.07, 6.45) is 8.10. The van der Waals surface area contributed by atoms with E-state index in [0.717, 1.165) is 12.8 Å². The first-order chi connectivity index (χ1) is 5.88. The molecule has 0 aliphatic carbocycles. The lowest BCUT2D eigenvalue weighted by Gasteiger charge is -1.94. The number of rotatable bonds is 7. The maximum Gasteiger partial charge on any atom is 0.0842 e. The van der Waals surface area contributed by atoms with Crippen molar-refractivity contribution in [3.05, 3.63) is 0 Å². The molecular formula is C10H20O2. The van der Waals surface area contributed by atoms with Gasteiger partial charge in [0.15, 0.2) is 0 Å². The minimum atomic E-state index is 0.307. The maximum absolute atomic E-state index is 8.59. The summed E-state index contributed by atoms with van der Waals surface area (Å²) in [6.45, 7) is 2.53. The Labute approximate surface area is 74.9 Å². The van der Waals surface area contributed by atoms with E-state index in [9.17, 15) is 0 Å². The van der Waals surface area contributed by atoms with Crippen molar-refractivity contribution in [3.8, 4) is 0 Å². The smallest absolute Gasteiger partial charge is 0.0842 e. The summed E-state index contributed by atoms with van der Waals surface area (Å²) in [5.41, 5.74) is 0. The molecule has 0 spiro atoms. The van der Waals surface area contributed by atoms with Gasteiger partial charge < -0.3 is 9.84 Å². The van der Waals surface area contributed by atoms with Crippen LogP contribution < -0.4 is 0 Å². The molecule has 2 heteroatoms. The monoisotopic (exact) mass is 172 g/mol. The summed E-state index contributed by atoms with van der Waals surface area (Å²) in [7, 11) is 0. The van der Waals surface area contributed by atoms with E-state index < -0.39 is 0 Å². The first kappa shape index (κ1) is 10.0. The quantitative estimate of drug-likeness (QED) is 0.471. The second-order valence-corrected chi connectivity index (χ2v) is 3.57. The number of aliphatic hydroxyl groups excluding tert-OH is 1. The lowest BCUT2D eigenvalue weighted by molar-refractivity contribution is 0.272. The van der Waals surface area contributed by atoms with Crippen molar-refractivity contribution in [2.45, 2.75) is 57.7 Å². The summed E-state index contributed by atoms with van der Waals surface area (Å²) in [6, 6.07) is 0. The van der Waals surface area contributed by atoms with E-state index in [1.165, 1.54) is 25.7 Å². The van der Waals surface area contributed by atoms with Crippen molar-refractivity contribution in [3.63, 3.8) is 0 Å². The fourth-order valence-corrected chi connectivity index (χ4v) is 1.58. The van der Waals surface area contributed by atoms with E-state index in [4.69, 9.17) is 9.84 Å². The Morgan fingerprint density at radius 1 is 1.08 bits per heavy atom. The van der Waals surface area contributed by atoms with Crippen LogP contribution in [0.15, 0.2) is 0 Å². The summed E-state index contributed by atoms with van der Waals surface area (Å²) in [4.78, 5) is 0. The average Bonchev–Trinajstić information content (AvgIpc) is 2.81. The Morgan fingerprint density at radius 2 is 1.75 bits per heavy atom. The fraction of sp³-hybridized carbons (Fsp3) is 1.00. The van der Waals surface area contributed by atoms with Gasteiger partial charge in [-0.25, -0.2) is 0 Å². The lowest BCUT2D eigenvalue weighted by atomic mass is 10.1. The SMILES string of the molecule is CCCCCC1OC1CCCO. The zero-order valence-electron chi connectivity index (χ0n) is 7.96. The molecule has 1 heterocycles. The third-order valence-electron chi connectivity index (χ3n) is 2.43. The van der Waals surface area contributed by atoms with Gasteiger partial charge in [0, 0.05) is 6.61 Å². The highest BCUT2D eigenvalue weighted by molar-refractivity contribution is 4.84. The predicted octanol–water partition coefficient (Wildman–Crippen LogP) is 2.11. The topological polar surface area (TPSA) is 32.8 Å². The first-order valence-corrected chi connectivity index (χ1v) is 5.14. The summed E-state index contributed by atoms with van der Waals surface area (Å²) >= 11 is 0. The van der Waals surface area contributed by atoms with Crippen LogP contribution in [0, 0.1) is 0 Å². The van der Waals surface area contributed by atoms with Crippen molar-refractivity contribution < 1.29 is 9.84 Å². The number of hydrogen-bond donors (Lipinski definition) is 1. The van der Waals surface area contributed by atoms with E-state index in [1.54, 1.807) is 0 Å². The fourth-order valence-electron chi connectivity index (χ4n) is 1.58. The molecule has 1 fully saturated rings. The van der Waals surface area contributed by atoms with Crippen LogP contribution in [0.5, 0.6) is 0 Å². The highest BCUT2D eigenvalue weighted by Gasteiger charge is 2.36. The molecule has 1 aliphatic rings. The third kappa shape index (κ3) is 3.55. The van der Waals surface area contributed by atoms with Gasteiger partial charge in [0.2, 0.25) is 0 Å². The molecule has 1 rings (SSSR count). The zero-order valence-corrected chi connectivity index (χ0v) is 7.96. The molecule has 0 aromatic rings. The van der Waals surface area contributed by atoms with Crippen LogP contribution in [0.3, 0.4) is 0 Å². The van der Waals surface area contributed by atoms with Gasteiger partial charge in [0.25, 0.3) is 0 Å². The van der Waals surface area contributed by atoms with Crippen molar-refractivity contribution in [2.24, 2.45) is 0 Å². The van der Waals surface area contributed by atoms with Crippen molar-refractivity contribution in [2.75, 3.05) is 6.61 Å². The van der Waals surface area contributed by atoms with E-state index in [1.807, 2.05) is 0 Å². The largest absolute Gasteiger partial charge is 0.396 e. The molecule has 0 aromatic heterocycles. The normalized spacial score (nSPS) is 27.5. The predicted molar refractivity (Wildman–Crippen MR) is 49.1 cm³/mol. The van der Waals surface area contributed by atoms with Gasteiger partial charge in [-0.05, 0) is 19.3 Å². The van der Waals surface area contributed by atoms with Crippen LogP contribution in [0.1, 0.15) is 45.4 Å². The van der Waals surface area contributed by atoms with Gasteiger partial charge in [-0.2, -0.15) is 0 Å². The Bertz CT molecular complexity index is 114. The number of unbranched alkanes of at least 4 members (excludes halogenated alkanes) is 2. The summed E-state index contributed by atoms with van der Waals surface area (Å²) < 4.78 is 5.45. The number of aliphatic hydroxyl groups is 1. The zero-order chi connectivity index (χ0) is 8.81. The molecule has 72 valence electrons. The molecule has 1 saturated heterocycles. The summed E-state index contributed by atoms with van der Waals surface area (Å²) in [5, 5.41) is 8.59. The van der Waals surface area contributed by atoms with Gasteiger partial charge in [-0.3, -0.25) is 0 Å². The third-order valence-corrected chi connectivity index (χ3v) is 2.43. The van der Waals surface area contributed by atoms with Gasteiger partial charge in [-0.1, -0.05) is 26.2 Å². The Hall–Kier alpha value is -0.0800. The molecule has 2 nitrogen and oxygen atoms in total. The van der Waals surface area contributed by atoms with Crippen LogP contribution in [0.25, 0.3) is 0 Å². The molecule has 0 radical (unpaired) electrons. The molecule has 0 aromatic carbocycles. The van der Waals surface area contributed by atoms with Gasteiger partial charge >= 0.3 is 0 Å². The second-order valence-electron chi connectivity index (χ2n) is 3.57. The Kier molecular flexibility index (Phi) is 4.62. The molecule has 2 atom stereocenters. The van der Waals surface area contributed by atoms with Crippen LogP contribution in [-0.2, 0) is 4.74 Å². The highest BCUT2D eigenvalue weighted by atomic mass is 16.6. The van der Waals surface area contributed by atoms with Gasteiger partial charge in [0.05, 0.1) is 12.2 Å². The molecule has 2 unspecified atom stereocenters. The number of epoxide rings is 1. The van der Waals surface area contributed by atoms with E-state index >= 15 is 0 Å². The maximum atomic E-state index is 8.59. The number of ether oxygens (including phenoxy) is 1. The molecule has 1 aliphatic heterocycles. The molecule has 12 heavy (non-hydrogen) atoms. The van der Waals surface area contributed by atoms with Crippen LogP contribution >= 0.6 is 0 Å². The van der Waals surface area contributed by atoms with Crippen LogP contribution in [-0.4, -0.2) is 23.9 Å². The average molecular weight is 172 g/mol. The van der Waals surface area contributed by atoms with Crippen molar-refractivity contribution in [1.29, 1.82) is 0 Å². The minimum Gasteiger partial charge on any atom is -0.396 e. The Morgan fingerprint density at radius 3 is 2.33 bits per heavy atom. The first-order valence-electron chi connectivity index (χ1n) is 5.14. The summed E-state index contributed by atoms with van der Waals surface area (Å²) in [5.74, 6) is 0. The minimum absolute atomic E-state index is 0.307. The van der Waals surface area contributed by atoms with Gasteiger partial charge in [-0.15, -0.1) is 0 Å². The molecule has 0 amide bonds. The van der Waals surface area contributed by atoms with E-state index in [-0.39, 0.29) is 0 Å². The molecule has 0 saturated carbocycles. The van der Waals surface area contributed by atoms with E-state index in [2.05, 4.69) is 6.92 Å². The standard InChI is InChI=1S/C10H20O2/c1-2-3-4-6-9-10(12-9)7-5-8-11/h9-11H,2-8H2,1H3. The van der Waals surface area contributed by atoms with Crippen molar-refractivity contribution >= 4 is 0 Å². The van der Waals surface area contributed by atoms with E-state index in [0.29, 0.717) is 18.8 Å². The van der Waals surface area contributed by atoms with Crippen LogP contribution in [0.4, 0.5) is 0 Å². The van der Waals surface area contributed by atoms with Gasteiger partial charge in [0.1, 0.15) is 0 Å². The Balaban J connectivity index is 1.86.